The Kier molecular flexibility index (Phi) is 4.82. The van der Waals surface area contributed by atoms with Crippen LogP contribution >= 0.6 is 15.9 Å². The molecule has 1 fully saturated rings. The number of halogens is 1. The van der Waals surface area contributed by atoms with E-state index in [1.165, 1.54) is 0 Å². The maximum atomic E-state index is 12.3. The second-order valence-corrected chi connectivity index (χ2v) is 6.46. The lowest BCUT2D eigenvalue weighted by Gasteiger charge is -2.16. The van der Waals surface area contributed by atoms with E-state index in [0.29, 0.717) is 18.8 Å². The summed E-state index contributed by atoms with van der Waals surface area (Å²) in [5.74, 6) is -0.338. The Morgan fingerprint density at radius 1 is 1.52 bits per heavy atom. The Balaban J connectivity index is 2.13. The van der Waals surface area contributed by atoms with Gasteiger partial charge in [0, 0.05) is 16.6 Å². The van der Waals surface area contributed by atoms with Gasteiger partial charge in [-0.25, -0.2) is 4.79 Å². The molecular weight excluding hydrogens is 360 g/mol. The number of ether oxygens (including phenoxy) is 2. The summed E-state index contributed by atoms with van der Waals surface area (Å²) >= 11 is 3.48. The Morgan fingerprint density at radius 3 is 3.00 bits per heavy atom. The third-order valence-corrected chi connectivity index (χ3v) is 4.48. The molecule has 0 radical (unpaired) electrons. The standard InChI is InChI=1S/C17H19BrN2O3/c1-3-23-17(21)15-9-19-20(13-6-7-22-10-13)16(15)14-5-4-12(18)8-11(14)2/h4-5,8-9,13H,3,6-7,10H2,1-2H3/t13-/m0/s1. The fraction of sp³-hybridized carbons (Fsp3) is 0.412. The molecule has 122 valence electrons. The van der Waals surface area contributed by atoms with Crippen LogP contribution in [0.2, 0.25) is 0 Å². The topological polar surface area (TPSA) is 53.3 Å². The van der Waals surface area contributed by atoms with Crippen LogP contribution in [-0.2, 0) is 9.47 Å². The molecule has 2 heterocycles. The van der Waals surface area contributed by atoms with E-state index in [4.69, 9.17) is 9.47 Å². The first-order valence-corrected chi connectivity index (χ1v) is 8.50. The van der Waals surface area contributed by atoms with E-state index < -0.39 is 0 Å². The van der Waals surface area contributed by atoms with Crippen molar-refractivity contribution in [2.75, 3.05) is 19.8 Å². The smallest absolute Gasteiger partial charge is 0.341 e. The summed E-state index contributed by atoms with van der Waals surface area (Å²) < 4.78 is 13.6. The molecule has 1 aliphatic heterocycles. The first-order chi connectivity index (χ1) is 11.1. The third kappa shape index (κ3) is 3.19. The van der Waals surface area contributed by atoms with Gasteiger partial charge in [-0.2, -0.15) is 5.10 Å². The molecule has 0 bridgehead atoms. The van der Waals surface area contributed by atoms with Gasteiger partial charge in [0.25, 0.3) is 0 Å². The van der Waals surface area contributed by atoms with Crippen molar-refractivity contribution < 1.29 is 14.3 Å². The highest BCUT2D eigenvalue weighted by molar-refractivity contribution is 9.10. The summed E-state index contributed by atoms with van der Waals surface area (Å²) in [5, 5.41) is 4.47. The van der Waals surface area contributed by atoms with Crippen LogP contribution in [0.1, 0.15) is 35.3 Å². The molecule has 0 N–H and O–H groups in total. The summed E-state index contributed by atoms with van der Waals surface area (Å²) in [7, 11) is 0. The Labute approximate surface area is 143 Å². The molecule has 0 saturated carbocycles. The molecule has 3 rings (SSSR count). The normalized spacial score (nSPS) is 17.4. The fourth-order valence-corrected chi connectivity index (χ4v) is 3.35. The van der Waals surface area contributed by atoms with Crippen molar-refractivity contribution in [2.24, 2.45) is 0 Å². The van der Waals surface area contributed by atoms with E-state index in [0.717, 1.165) is 34.3 Å². The van der Waals surface area contributed by atoms with Gasteiger partial charge in [-0.3, -0.25) is 4.68 Å². The van der Waals surface area contributed by atoms with Crippen molar-refractivity contribution in [1.82, 2.24) is 9.78 Å². The number of benzene rings is 1. The summed E-state index contributed by atoms with van der Waals surface area (Å²) in [4.78, 5) is 12.3. The van der Waals surface area contributed by atoms with E-state index in [2.05, 4.69) is 21.0 Å². The zero-order valence-corrected chi connectivity index (χ0v) is 14.8. The number of rotatable bonds is 4. The number of esters is 1. The lowest BCUT2D eigenvalue weighted by atomic mass is 10.0. The number of aryl methyl sites for hydroxylation is 1. The Bertz CT molecular complexity index is 721. The third-order valence-electron chi connectivity index (χ3n) is 3.99. The average molecular weight is 379 g/mol. The molecular formula is C17H19BrN2O3. The number of hydrogen-bond acceptors (Lipinski definition) is 4. The van der Waals surface area contributed by atoms with Crippen molar-refractivity contribution in [2.45, 2.75) is 26.3 Å². The van der Waals surface area contributed by atoms with Gasteiger partial charge in [-0.05, 0) is 38.0 Å². The SMILES string of the molecule is CCOC(=O)c1cnn([C@H]2CCOC2)c1-c1ccc(Br)cc1C. The molecule has 1 aromatic heterocycles. The zero-order valence-electron chi connectivity index (χ0n) is 13.2. The molecule has 1 aromatic carbocycles. The highest BCUT2D eigenvalue weighted by atomic mass is 79.9. The van der Waals surface area contributed by atoms with Crippen molar-refractivity contribution in [3.8, 4) is 11.3 Å². The number of aromatic nitrogens is 2. The molecule has 1 aliphatic rings. The predicted octanol–water partition coefficient (Wildman–Crippen LogP) is 3.76. The average Bonchev–Trinajstić information content (AvgIpc) is 3.16. The molecule has 1 atom stereocenters. The van der Waals surface area contributed by atoms with Crippen LogP contribution in [0.4, 0.5) is 0 Å². The lowest BCUT2D eigenvalue weighted by Crippen LogP contribution is -2.14. The van der Waals surface area contributed by atoms with Crippen LogP contribution in [0.15, 0.2) is 28.9 Å². The van der Waals surface area contributed by atoms with Crippen LogP contribution in [-0.4, -0.2) is 35.6 Å². The van der Waals surface area contributed by atoms with Crippen molar-refractivity contribution in [1.29, 1.82) is 0 Å². The molecule has 23 heavy (non-hydrogen) atoms. The van der Waals surface area contributed by atoms with Crippen molar-refractivity contribution in [3.63, 3.8) is 0 Å². The first kappa shape index (κ1) is 16.2. The van der Waals surface area contributed by atoms with Gasteiger partial charge in [-0.1, -0.05) is 22.0 Å². The minimum Gasteiger partial charge on any atom is -0.462 e. The summed E-state index contributed by atoms with van der Waals surface area (Å²) in [6.07, 6.45) is 2.50. The Morgan fingerprint density at radius 2 is 2.35 bits per heavy atom. The van der Waals surface area contributed by atoms with E-state index >= 15 is 0 Å². The van der Waals surface area contributed by atoms with Gasteiger partial charge in [0.2, 0.25) is 0 Å². The summed E-state index contributed by atoms with van der Waals surface area (Å²) in [6, 6.07) is 6.16. The maximum Gasteiger partial charge on any atom is 0.341 e. The van der Waals surface area contributed by atoms with Gasteiger partial charge < -0.3 is 9.47 Å². The quantitative estimate of drug-likeness (QED) is 0.760. The van der Waals surface area contributed by atoms with Crippen LogP contribution in [0.3, 0.4) is 0 Å². The van der Waals surface area contributed by atoms with Gasteiger partial charge in [0.15, 0.2) is 0 Å². The summed E-state index contributed by atoms with van der Waals surface area (Å²) in [5.41, 5.74) is 3.37. The monoisotopic (exact) mass is 378 g/mol. The molecule has 2 aromatic rings. The lowest BCUT2D eigenvalue weighted by molar-refractivity contribution is 0.0527. The van der Waals surface area contributed by atoms with E-state index in [1.54, 1.807) is 13.1 Å². The van der Waals surface area contributed by atoms with Crippen molar-refractivity contribution >= 4 is 21.9 Å². The van der Waals surface area contributed by atoms with Gasteiger partial charge >= 0.3 is 5.97 Å². The molecule has 1 saturated heterocycles. The Hall–Kier alpha value is -1.66. The molecule has 0 aliphatic carbocycles. The minimum absolute atomic E-state index is 0.149. The van der Waals surface area contributed by atoms with Gasteiger partial charge in [0.1, 0.15) is 5.56 Å². The number of carbonyl (C=O) groups is 1. The van der Waals surface area contributed by atoms with Crippen LogP contribution in [0.5, 0.6) is 0 Å². The molecule has 0 amide bonds. The molecule has 0 unspecified atom stereocenters. The van der Waals surface area contributed by atoms with Gasteiger partial charge in [-0.15, -0.1) is 0 Å². The fourth-order valence-electron chi connectivity index (χ4n) is 2.87. The van der Waals surface area contributed by atoms with Crippen LogP contribution < -0.4 is 0 Å². The van der Waals surface area contributed by atoms with Gasteiger partial charge in [0.05, 0.1) is 31.1 Å². The van der Waals surface area contributed by atoms with Crippen LogP contribution in [0.25, 0.3) is 11.3 Å². The highest BCUT2D eigenvalue weighted by Gasteiger charge is 2.27. The number of carbonyl (C=O) groups excluding carboxylic acids is 1. The summed E-state index contributed by atoms with van der Waals surface area (Å²) in [6.45, 7) is 5.51. The molecule has 0 spiro atoms. The first-order valence-electron chi connectivity index (χ1n) is 7.70. The van der Waals surface area contributed by atoms with E-state index in [9.17, 15) is 4.79 Å². The van der Waals surface area contributed by atoms with Crippen molar-refractivity contribution in [3.05, 3.63) is 40.0 Å². The van der Waals surface area contributed by atoms with E-state index in [1.807, 2.05) is 29.8 Å². The second kappa shape index (κ2) is 6.84. The minimum atomic E-state index is -0.338. The van der Waals surface area contributed by atoms with E-state index in [-0.39, 0.29) is 12.0 Å². The molecule has 6 heteroatoms. The number of hydrogen-bond donors (Lipinski definition) is 0. The number of nitrogens with zero attached hydrogens (tertiary/aromatic N) is 2. The largest absolute Gasteiger partial charge is 0.462 e. The predicted molar refractivity (Wildman–Crippen MR) is 90.5 cm³/mol. The maximum absolute atomic E-state index is 12.3. The van der Waals surface area contributed by atoms with Crippen LogP contribution in [0, 0.1) is 6.92 Å². The zero-order chi connectivity index (χ0) is 16.4. The second-order valence-electron chi connectivity index (χ2n) is 5.55. The molecule has 5 nitrogen and oxygen atoms in total. The highest BCUT2D eigenvalue weighted by Crippen LogP contribution is 2.33.